The quantitative estimate of drug-likeness (QED) is 0.506. The molecule has 2 rings (SSSR count). The number of nitrogens with zero attached hydrogens (tertiary/aromatic N) is 2. The normalized spacial score (nSPS) is 10.0. The van der Waals surface area contributed by atoms with Crippen LogP contribution in [0.1, 0.15) is 10.4 Å². The maximum atomic E-state index is 12.0. The summed E-state index contributed by atoms with van der Waals surface area (Å²) in [7, 11) is 0. The molecule has 0 saturated carbocycles. The van der Waals surface area contributed by atoms with E-state index in [0.29, 0.717) is 0 Å². The highest BCUT2D eigenvalue weighted by molar-refractivity contribution is 6.05. The number of amides is 1. The summed E-state index contributed by atoms with van der Waals surface area (Å²) in [6, 6.07) is 8.72. The summed E-state index contributed by atoms with van der Waals surface area (Å²) >= 11 is 0. The van der Waals surface area contributed by atoms with Gasteiger partial charge in [-0.2, -0.15) is 0 Å². The van der Waals surface area contributed by atoms with E-state index in [2.05, 4.69) is 5.32 Å². The predicted molar refractivity (Wildman–Crippen MR) is 75.8 cm³/mol. The number of para-hydroxylation sites is 2. The van der Waals surface area contributed by atoms with Crippen molar-refractivity contribution in [3.8, 4) is 5.75 Å². The van der Waals surface area contributed by atoms with Crippen LogP contribution >= 0.6 is 0 Å². The van der Waals surface area contributed by atoms with Crippen LogP contribution in [0.3, 0.4) is 0 Å². The Bertz CT molecular complexity index is 774. The van der Waals surface area contributed by atoms with Gasteiger partial charge in [-0.05, 0) is 18.2 Å². The van der Waals surface area contributed by atoms with Gasteiger partial charge in [-0.15, -0.1) is 0 Å². The summed E-state index contributed by atoms with van der Waals surface area (Å²) in [6.07, 6.45) is 0. The zero-order chi connectivity index (χ0) is 16.3. The van der Waals surface area contributed by atoms with Crippen LogP contribution in [-0.2, 0) is 0 Å². The molecule has 0 radical (unpaired) electrons. The lowest BCUT2D eigenvalue weighted by Gasteiger charge is -2.06. The number of rotatable bonds is 4. The Morgan fingerprint density at radius 2 is 1.64 bits per heavy atom. The lowest BCUT2D eigenvalue weighted by Crippen LogP contribution is -2.12. The maximum absolute atomic E-state index is 12.0. The van der Waals surface area contributed by atoms with Crippen LogP contribution in [0, 0.1) is 20.2 Å². The second-order valence-electron chi connectivity index (χ2n) is 4.19. The fourth-order valence-electron chi connectivity index (χ4n) is 1.74. The number of hydrogen-bond donors (Lipinski definition) is 2. The van der Waals surface area contributed by atoms with Crippen molar-refractivity contribution >= 4 is 23.0 Å². The molecule has 0 aliphatic heterocycles. The fourth-order valence-corrected chi connectivity index (χ4v) is 1.74. The van der Waals surface area contributed by atoms with Crippen LogP contribution < -0.4 is 5.32 Å². The fraction of sp³-hybridized carbons (Fsp3) is 0. The van der Waals surface area contributed by atoms with Crippen molar-refractivity contribution in [1.82, 2.24) is 0 Å². The van der Waals surface area contributed by atoms with Gasteiger partial charge in [0.1, 0.15) is 5.75 Å². The number of carbonyl (C=O) groups is 1. The van der Waals surface area contributed by atoms with Crippen LogP contribution in [0.4, 0.5) is 17.1 Å². The molecule has 0 fully saturated rings. The van der Waals surface area contributed by atoms with Gasteiger partial charge >= 0.3 is 11.4 Å². The summed E-state index contributed by atoms with van der Waals surface area (Å²) in [5.74, 6) is -0.910. The second-order valence-corrected chi connectivity index (χ2v) is 4.19. The molecule has 2 aromatic rings. The molecule has 9 heteroatoms. The highest BCUT2D eigenvalue weighted by Gasteiger charge is 2.25. The molecule has 0 atom stereocenters. The van der Waals surface area contributed by atoms with E-state index in [4.69, 9.17) is 0 Å². The van der Waals surface area contributed by atoms with Crippen LogP contribution in [0.5, 0.6) is 5.75 Å². The van der Waals surface area contributed by atoms with Gasteiger partial charge in [0.25, 0.3) is 5.91 Å². The molecule has 0 aliphatic rings. The monoisotopic (exact) mass is 303 g/mol. The van der Waals surface area contributed by atoms with Crippen LogP contribution in [0.15, 0.2) is 42.5 Å². The Hall–Kier alpha value is -3.49. The number of phenolic OH excluding ortho intramolecular Hbond substituents is 1. The minimum Gasteiger partial charge on any atom is -0.506 e. The predicted octanol–water partition coefficient (Wildman–Crippen LogP) is 2.46. The third-order valence-electron chi connectivity index (χ3n) is 2.78. The van der Waals surface area contributed by atoms with Crippen molar-refractivity contribution in [3.05, 3.63) is 68.3 Å². The third kappa shape index (κ3) is 2.98. The molecule has 0 unspecified atom stereocenters. The molecule has 9 nitrogen and oxygen atoms in total. The van der Waals surface area contributed by atoms with Crippen molar-refractivity contribution in [2.24, 2.45) is 0 Å². The van der Waals surface area contributed by atoms with E-state index in [1.807, 2.05) is 0 Å². The molecule has 0 spiro atoms. The van der Waals surface area contributed by atoms with E-state index in [1.54, 1.807) is 12.1 Å². The van der Waals surface area contributed by atoms with E-state index >= 15 is 0 Å². The summed E-state index contributed by atoms with van der Waals surface area (Å²) in [4.78, 5) is 31.7. The molecule has 22 heavy (non-hydrogen) atoms. The molecule has 0 bridgehead atoms. The number of nitro benzene ring substituents is 2. The van der Waals surface area contributed by atoms with Gasteiger partial charge in [-0.3, -0.25) is 25.0 Å². The summed E-state index contributed by atoms with van der Waals surface area (Å²) in [6.45, 7) is 0. The number of hydrogen-bond acceptors (Lipinski definition) is 6. The molecule has 2 aromatic carbocycles. The van der Waals surface area contributed by atoms with Crippen molar-refractivity contribution < 1.29 is 19.7 Å². The first kappa shape index (κ1) is 14.9. The lowest BCUT2D eigenvalue weighted by molar-refractivity contribution is -0.422. The molecule has 0 heterocycles. The van der Waals surface area contributed by atoms with E-state index in [9.17, 15) is 30.1 Å². The van der Waals surface area contributed by atoms with Crippen molar-refractivity contribution in [2.75, 3.05) is 5.32 Å². The minimum absolute atomic E-state index is 0.119. The Kier molecular flexibility index (Phi) is 3.98. The zero-order valence-corrected chi connectivity index (χ0v) is 10.9. The largest absolute Gasteiger partial charge is 0.506 e. The molecule has 2 N–H and O–H groups in total. The summed E-state index contributed by atoms with van der Waals surface area (Å²) in [5, 5.41) is 33.5. The first-order valence-corrected chi connectivity index (χ1v) is 5.92. The number of nitrogens with one attached hydrogen (secondary N) is 1. The molecule has 0 aliphatic carbocycles. The van der Waals surface area contributed by atoms with Crippen LogP contribution in [0.2, 0.25) is 0 Å². The topological polar surface area (TPSA) is 136 Å². The molecule has 112 valence electrons. The Labute approximate surface area is 123 Å². The van der Waals surface area contributed by atoms with Crippen molar-refractivity contribution in [2.45, 2.75) is 0 Å². The van der Waals surface area contributed by atoms with E-state index in [1.165, 1.54) is 12.1 Å². The molecule has 0 aromatic heterocycles. The molecular weight excluding hydrogens is 294 g/mol. The number of anilines is 1. The van der Waals surface area contributed by atoms with Gasteiger partial charge in [0.05, 0.1) is 15.5 Å². The number of aromatic hydroxyl groups is 1. The lowest BCUT2D eigenvalue weighted by atomic mass is 10.1. The average molecular weight is 303 g/mol. The minimum atomic E-state index is -0.936. The average Bonchev–Trinajstić information content (AvgIpc) is 2.48. The number of benzene rings is 2. The zero-order valence-electron chi connectivity index (χ0n) is 10.9. The van der Waals surface area contributed by atoms with E-state index in [-0.39, 0.29) is 17.0 Å². The van der Waals surface area contributed by atoms with Crippen LogP contribution in [0.25, 0.3) is 0 Å². The van der Waals surface area contributed by atoms with E-state index < -0.39 is 27.1 Å². The van der Waals surface area contributed by atoms with Crippen LogP contribution in [-0.4, -0.2) is 20.9 Å². The first-order valence-electron chi connectivity index (χ1n) is 5.92. The SMILES string of the molecule is O=C(Nc1ccccc1O)c1ccc([N+](=O)[O-])c([N+](=O)[O-])c1. The molecule has 1 amide bonds. The Morgan fingerprint density at radius 3 is 2.23 bits per heavy atom. The van der Waals surface area contributed by atoms with Crippen molar-refractivity contribution in [1.29, 1.82) is 0 Å². The van der Waals surface area contributed by atoms with Gasteiger partial charge in [-0.1, -0.05) is 12.1 Å². The van der Waals surface area contributed by atoms with Gasteiger partial charge in [0.15, 0.2) is 0 Å². The number of carbonyl (C=O) groups excluding carboxylic acids is 1. The maximum Gasteiger partial charge on any atom is 0.346 e. The first-order chi connectivity index (χ1) is 10.4. The number of phenols is 1. The Morgan fingerprint density at radius 1 is 1.00 bits per heavy atom. The standard InChI is InChI=1S/C13H9N3O6/c17-12-4-2-1-3-9(12)14-13(18)8-5-6-10(15(19)20)11(7-8)16(21)22/h1-7,17H,(H,14,18). The van der Waals surface area contributed by atoms with Gasteiger partial charge < -0.3 is 10.4 Å². The molecular formula is C13H9N3O6. The molecule has 0 saturated heterocycles. The summed E-state index contributed by atoms with van der Waals surface area (Å²) in [5.41, 5.74) is -1.51. The second kappa shape index (κ2) is 5.87. The van der Waals surface area contributed by atoms with Crippen molar-refractivity contribution in [3.63, 3.8) is 0 Å². The van der Waals surface area contributed by atoms with Gasteiger partial charge in [0, 0.05) is 17.7 Å². The highest BCUT2D eigenvalue weighted by Crippen LogP contribution is 2.28. The van der Waals surface area contributed by atoms with Gasteiger partial charge in [0.2, 0.25) is 0 Å². The highest BCUT2D eigenvalue weighted by atomic mass is 16.6. The number of nitro groups is 2. The van der Waals surface area contributed by atoms with E-state index in [0.717, 1.165) is 18.2 Å². The summed E-state index contributed by atoms with van der Waals surface area (Å²) < 4.78 is 0. The van der Waals surface area contributed by atoms with Gasteiger partial charge in [-0.25, -0.2) is 0 Å². The Balaban J connectivity index is 2.35. The third-order valence-corrected chi connectivity index (χ3v) is 2.78. The smallest absolute Gasteiger partial charge is 0.346 e.